The van der Waals surface area contributed by atoms with Crippen LogP contribution in [0.1, 0.15) is 45.2 Å². The molecule has 2 aliphatic rings. The zero-order valence-corrected chi connectivity index (χ0v) is 24.7. The number of hydrogen-bond donors (Lipinski definition) is 2. The van der Waals surface area contributed by atoms with Gasteiger partial charge < -0.3 is 20.9 Å². The molecule has 4 rings (SSSR count). The number of anilines is 1. The van der Waals surface area contributed by atoms with Crippen molar-refractivity contribution in [3.8, 4) is 0 Å². The van der Waals surface area contributed by atoms with Crippen molar-refractivity contribution in [2.45, 2.75) is 51.2 Å². The number of nitrogens with zero attached hydrogens (tertiary/aromatic N) is 5. The van der Waals surface area contributed by atoms with Crippen LogP contribution in [-0.4, -0.2) is 83.2 Å². The van der Waals surface area contributed by atoms with Crippen LogP contribution >= 0.6 is 35.3 Å². The van der Waals surface area contributed by atoms with Crippen LogP contribution in [0, 0.1) is 12.8 Å². The summed E-state index contributed by atoms with van der Waals surface area (Å²) in [6, 6.07) is 0.295. The second kappa shape index (κ2) is 12.6. The van der Waals surface area contributed by atoms with Gasteiger partial charge in [0.2, 0.25) is 5.91 Å². The third-order valence-electron chi connectivity index (χ3n) is 7.11. The molecule has 0 unspecified atom stereocenters. The number of primary amides is 1. The summed E-state index contributed by atoms with van der Waals surface area (Å²) in [7, 11) is 5.39. The van der Waals surface area contributed by atoms with Gasteiger partial charge in [-0.05, 0) is 44.9 Å². The van der Waals surface area contributed by atoms with Crippen molar-refractivity contribution < 1.29 is 19.2 Å². The molecule has 39 heavy (non-hydrogen) atoms. The average molecular weight is 599 g/mol. The Morgan fingerprint density at radius 3 is 2.59 bits per heavy atom. The molecule has 1 fully saturated rings. The Morgan fingerprint density at radius 2 is 1.95 bits per heavy atom. The predicted molar refractivity (Wildman–Crippen MR) is 151 cm³/mol. The number of carbonyl (C=O) groups excluding carboxylic acids is 4. The number of pyridine rings is 1. The fourth-order valence-electron chi connectivity index (χ4n) is 5.18. The highest BCUT2D eigenvalue weighted by Crippen LogP contribution is 2.34. The second-order valence-corrected chi connectivity index (χ2v) is 11.6. The quantitative estimate of drug-likeness (QED) is 0.395. The Hall–Kier alpha value is -2.80. The second-order valence-electron chi connectivity index (χ2n) is 10.1. The predicted octanol–water partition coefficient (Wildman–Crippen LogP) is 1.78. The molecule has 2 aromatic rings. The van der Waals surface area contributed by atoms with Gasteiger partial charge in [-0.3, -0.25) is 24.1 Å². The van der Waals surface area contributed by atoms with Crippen LogP contribution in [0.15, 0.2) is 12.3 Å². The number of halogens is 2. The van der Waals surface area contributed by atoms with E-state index in [1.807, 2.05) is 7.05 Å². The summed E-state index contributed by atoms with van der Waals surface area (Å²) < 4.78 is 0. The molecule has 14 heteroatoms. The van der Waals surface area contributed by atoms with Gasteiger partial charge in [-0.2, -0.15) is 0 Å². The maximum absolute atomic E-state index is 13.4. The first-order chi connectivity index (χ1) is 18.0. The lowest BCUT2D eigenvalue weighted by atomic mass is 9.80. The van der Waals surface area contributed by atoms with E-state index in [2.05, 4.69) is 20.2 Å². The Bertz CT molecular complexity index is 1270. The highest BCUT2D eigenvalue weighted by molar-refractivity contribution is 7.13. The number of hydrogen-bond acceptors (Lipinski definition) is 8. The third kappa shape index (κ3) is 6.68. The molecule has 212 valence electrons. The van der Waals surface area contributed by atoms with Crippen LogP contribution < -0.4 is 16.0 Å². The maximum Gasteiger partial charge on any atom is 0.316 e. The number of likely N-dealkylation sites (N-methyl/N-ethyl adjacent to an activating group) is 1. The lowest BCUT2D eigenvalue weighted by molar-refractivity contribution is -0.136. The zero-order valence-electron chi connectivity index (χ0n) is 22.3. The number of aryl methyl sites for hydroxylation is 1. The minimum Gasteiger partial charge on any atom is -0.361 e. The van der Waals surface area contributed by atoms with E-state index in [9.17, 15) is 19.2 Å². The fourth-order valence-corrected chi connectivity index (χ4v) is 6.49. The third-order valence-corrected chi connectivity index (χ3v) is 8.40. The number of amides is 4. The zero-order chi connectivity index (χ0) is 27.7. The highest BCUT2D eigenvalue weighted by atomic mass is 35.5. The molecule has 1 aliphatic heterocycles. The molecule has 3 heterocycles. The van der Waals surface area contributed by atoms with Gasteiger partial charge in [0.05, 0.1) is 29.7 Å². The minimum atomic E-state index is -1.13. The SMILES string of the molecule is Cc1cc(Cl)ncc1N(C(=O)C(N)=O)[C@H]1CC[C@H](C(=O)N(C)C)C[C@H]1NC(=O)c1nc2c(s1)CN(C)CC2.Cl. The summed E-state index contributed by atoms with van der Waals surface area (Å²) in [5.74, 6) is -2.86. The summed E-state index contributed by atoms with van der Waals surface area (Å²) in [5, 5.41) is 3.61. The molecule has 11 nitrogen and oxygen atoms in total. The van der Waals surface area contributed by atoms with Gasteiger partial charge in [0.25, 0.3) is 5.91 Å². The summed E-state index contributed by atoms with van der Waals surface area (Å²) in [6.07, 6.45) is 3.29. The topological polar surface area (TPSA) is 142 Å². The van der Waals surface area contributed by atoms with Crippen LogP contribution in [-0.2, 0) is 27.3 Å². The van der Waals surface area contributed by atoms with Crippen molar-refractivity contribution in [3.63, 3.8) is 0 Å². The largest absolute Gasteiger partial charge is 0.361 e. The standard InChI is InChI=1S/C25H32ClN7O4S.ClH/c1-13-9-20(26)28-11-18(13)33(25(37)21(27)34)17-6-5-14(24(36)31(2)3)10-16(17)29-22(35)23-30-15-7-8-32(4)12-19(15)38-23;/h9,11,14,16-17H,5-8,10,12H2,1-4H3,(H2,27,34)(H,29,35);1H/t14-,16+,17-;/m0./s1. The first-order valence-corrected chi connectivity index (χ1v) is 13.6. The molecule has 2 aromatic heterocycles. The van der Waals surface area contributed by atoms with E-state index in [0.717, 1.165) is 30.1 Å². The first kappa shape index (κ1) is 30.7. The van der Waals surface area contributed by atoms with Crippen LogP contribution in [0.2, 0.25) is 5.15 Å². The van der Waals surface area contributed by atoms with E-state index in [4.69, 9.17) is 17.3 Å². The van der Waals surface area contributed by atoms with E-state index in [0.29, 0.717) is 29.1 Å². The number of rotatable bonds is 5. The van der Waals surface area contributed by atoms with E-state index >= 15 is 0 Å². The van der Waals surface area contributed by atoms with Gasteiger partial charge in [0, 0.05) is 44.4 Å². The van der Waals surface area contributed by atoms with Crippen LogP contribution in [0.4, 0.5) is 5.69 Å². The summed E-state index contributed by atoms with van der Waals surface area (Å²) in [4.78, 5) is 66.3. The first-order valence-electron chi connectivity index (χ1n) is 12.4. The monoisotopic (exact) mass is 597 g/mol. The smallest absolute Gasteiger partial charge is 0.316 e. The van der Waals surface area contributed by atoms with Crippen LogP contribution in [0.25, 0.3) is 0 Å². The average Bonchev–Trinajstić information content (AvgIpc) is 3.28. The molecular formula is C25H33Cl2N7O4S. The number of fused-ring (bicyclic) bond motifs is 1. The van der Waals surface area contributed by atoms with Crippen LogP contribution in [0.5, 0.6) is 0 Å². The van der Waals surface area contributed by atoms with Crippen LogP contribution in [0.3, 0.4) is 0 Å². The van der Waals surface area contributed by atoms with Gasteiger partial charge in [0.1, 0.15) is 5.15 Å². The molecule has 1 saturated carbocycles. The molecule has 0 radical (unpaired) electrons. The molecule has 3 N–H and O–H groups in total. The summed E-state index contributed by atoms with van der Waals surface area (Å²) in [6.45, 7) is 3.35. The van der Waals surface area contributed by atoms with Crippen molar-refractivity contribution in [1.29, 1.82) is 0 Å². The number of nitrogens with one attached hydrogen (secondary N) is 1. The number of nitrogens with two attached hydrogens (primary N) is 1. The molecule has 0 saturated heterocycles. The molecule has 3 atom stereocenters. The summed E-state index contributed by atoms with van der Waals surface area (Å²) in [5.41, 5.74) is 7.35. The molecule has 0 aromatic carbocycles. The number of aromatic nitrogens is 2. The summed E-state index contributed by atoms with van der Waals surface area (Å²) >= 11 is 7.39. The van der Waals surface area contributed by atoms with E-state index in [1.54, 1.807) is 27.1 Å². The Labute approximate surface area is 242 Å². The Kier molecular flexibility index (Phi) is 9.92. The van der Waals surface area contributed by atoms with Gasteiger partial charge in [-0.25, -0.2) is 9.97 Å². The van der Waals surface area contributed by atoms with Crippen molar-refractivity contribution in [3.05, 3.63) is 38.6 Å². The molecule has 0 spiro atoms. The molecule has 0 bridgehead atoms. The minimum absolute atomic E-state index is 0. The molecular weight excluding hydrogens is 565 g/mol. The van der Waals surface area contributed by atoms with Crippen molar-refractivity contribution in [1.82, 2.24) is 25.1 Å². The van der Waals surface area contributed by atoms with Gasteiger partial charge in [-0.1, -0.05) is 11.6 Å². The van der Waals surface area contributed by atoms with E-state index in [1.165, 1.54) is 27.3 Å². The van der Waals surface area contributed by atoms with Gasteiger partial charge in [-0.15, -0.1) is 23.7 Å². The fraction of sp³-hybridized carbons (Fsp3) is 0.520. The maximum atomic E-state index is 13.4. The van der Waals surface area contributed by atoms with E-state index < -0.39 is 23.9 Å². The highest BCUT2D eigenvalue weighted by Gasteiger charge is 2.42. The number of carbonyl (C=O) groups is 4. The van der Waals surface area contributed by atoms with E-state index in [-0.39, 0.29) is 41.7 Å². The Balaban J connectivity index is 0.00000420. The van der Waals surface area contributed by atoms with Crippen molar-refractivity contribution in [2.75, 3.05) is 32.6 Å². The normalized spacial score (nSPS) is 20.8. The lowest BCUT2D eigenvalue weighted by Crippen LogP contribution is -2.59. The van der Waals surface area contributed by atoms with Crippen molar-refractivity contribution >= 4 is 64.7 Å². The molecule has 4 amide bonds. The molecule has 1 aliphatic carbocycles. The van der Waals surface area contributed by atoms with Gasteiger partial charge >= 0.3 is 11.8 Å². The number of thiazole rings is 1. The van der Waals surface area contributed by atoms with Crippen molar-refractivity contribution in [2.24, 2.45) is 11.7 Å². The lowest BCUT2D eigenvalue weighted by Gasteiger charge is -2.42. The Morgan fingerprint density at radius 1 is 1.23 bits per heavy atom. The van der Waals surface area contributed by atoms with Gasteiger partial charge in [0.15, 0.2) is 5.01 Å².